The molecular formula is C21H15FN2O3. The molecule has 4 rings (SSSR count). The summed E-state index contributed by atoms with van der Waals surface area (Å²) in [4.78, 5) is 24.1. The summed E-state index contributed by atoms with van der Waals surface area (Å²) in [5.41, 5.74) is 2.86. The zero-order chi connectivity index (χ0) is 19.1. The predicted molar refractivity (Wildman–Crippen MR) is 101 cm³/mol. The highest BCUT2D eigenvalue weighted by atomic mass is 19.1. The maximum Gasteiger partial charge on any atom is 0.337 e. The molecule has 134 valence electrons. The first-order valence-corrected chi connectivity index (χ1v) is 8.27. The number of aromatic nitrogens is 1. The number of hydrogen-bond acceptors (Lipinski definition) is 2. The van der Waals surface area contributed by atoms with E-state index in [-0.39, 0.29) is 11.5 Å². The summed E-state index contributed by atoms with van der Waals surface area (Å²) in [5, 5.41) is 12.2. The fraction of sp³-hybridized carbons (Fsp3) is 0.0476. The monoisotopic (exact) mass is 362 g/mol. The Labute approximate surface area is 154 Å². The number of aromatic carboxylic acids is 1. The van der Waals surface area contributed by atoms with Gasteiger partial charge in [0.05, 0.1) is 16.8 Å². The van der Waals surface area contributed by atoms with Gasteiger partial charge in [-0.05, 0) is 29.8 Å². The average molecular weight is 362 g/mol. The van der Waals surface area contributed by atoms with Gasteiger partial charge < -0.3 is 15.0 Å². The summed E-state index contributed by atoms with van der Waals surface area (Å²) in [7, 11) is 1.70. The maximum atomic E-state index is 14.4. The Kier molecular flexibility index (Phi) is 3.88. The Bertz CT molecular complexity index is 1130. The average Bonchev–Trinajstić information content (AvgIpc) is 3.16. The number of carboxylic acid groups (broad SMARTS) is 1. The second kappa shape index (κ2) is 6.25. The number of rotatable bonds is 3. The third-order valence-electron chi connectivity index (χ3n) is 4.62. The van der Waals surface area contributed by atoms with E-state index in [0.717, 1.165) is 0 Å². The molecule has 5 nitrogen and oxygen atoms in total. The molecule has 2 N–H and O–H groups in total. The van der Waals surface area contributed by atoms with Gasteiger partial charge in [-0.25, -0.2) is 9.18 Å². The first kappa shape index (κ1) is 16.8. The minimum absolute atomic E-state index is 0.0922. The quantitative estimate of drug-likeness (QED) is 0.691. The van der Waals surface area contributed by atoms with Crippen molar-refractivity contribution in [2.45, 2.75) is 0 Å². The van der Waals surface area contributed by atoms with Crippen molar-refractivity contribution in [2.24, 2.45) is 7.05 Å². The van der Waals surface area contributed by atoms with Gasteiger partial charge in [-0.1, -0.05) is 30.3 Å². The Hall–Kier alpha value is -3.67. The van der Waals surface area contributed by atoms with Crippen LogP contribution < -0.4 is 5.32 Å². The molecule has 27 heavy (non-hydrogen) atoms. The molecule has 0 aliphatic carbocycles. The lowest BCUT2D eigenvalue weighted by atomic mass is 9.94. The van der Waals surface area contributed by atoms with Crippen molar-refractivity contribution in [3.05, 3.63) is 77.4 Å². The lowest BCUT2D eigenvalue weighted by molar-refractivity contribution is -0.110. The molecule has 0 saturated heterocycles. The van der Waals surface area contributed by atoms with Crippen LogP contribution in [0.2, 0.25) is 0 Å². The van der Waals surface area contributed by atoms with Crippen LogP contribution in [0.1, 0.15) is 21.6 Å². The summed E-state index contributed by atoms with van der Waals surface area (Å²) in [6.45, 7) is 0. The third kappa shape index (κ3) is 2.71. The molecule has 0 unspecified atom stereocenters. The van der Waals surface area contributed by atoms with E-state index in [0.29, 0.717) is 33.6 Å². The fourth-order valence-electron chi connectivity index (χ4n) is 3.33. The molecule has 6 heteroatoms. The van der Waals surface area contributed by atoms with Gasteiger partial charge >= 0.3 is 5.97 Å². The number of carbonyl (C=O) groups is 2. The van der Waals surface area contributed by atoms with E-state index in [1.165, 1.54) is 18.2 Å². The van der Waals surface area contributed by atoms with E-state index in [1.807, 2.05) is 0 Å². The zero-order valence-corrected chi connectivity index (χ0v) is 14.4. The smallest absolute Gasteiger partial charge is 0.337 e. The van der Waals surface area contributed by atoms with Crippen LogP contribution >= 0.6 is 0 Å². The number of nitrogens with one attached hydrogen (secondary N) is 1. The van der Waals surface area contributed by atoms with Gasteiger partial charge in [0.15, 0.2) is 0 Å². The van der Waals surface area contributed by atoms with Gasteiger partial charge in [0.2, 0.25) is 0 Å². The zero-order valence-electron chi connectivity index (χ0n) is 14.4. The van der Waals surface area contributed by atoms with Gasteiger partial charge in [0.1, 0.15) is 5.82 Å². The van der Waals surface area contributed by atoms with Crippen molar-refractivity contribution >= 4 is 29.2 Å². The predicted octanol–water partition coefficient (Wildman–Crippen LogP) is 4.02. The van der Waals surface area contributed by atoms with Crippen molar-refractivity contribution in [3.8, 4) is 11.1 Å². The molecule has 2 heterocycles. The molecule has 0 fully saturated rings. The van der Waals surface area contributed by atoms with Crippen molar-refractivity contribution < 1.29 is 19.1 Å². The molecule has 0 saturated carbocycles. The molecule has 0 radical (unpaired) electrons. The first-order valence-electron chi connectivity index (χ1n) is 8.27. The number of nitrogens with zero attached hydrogens (tertiary/aromatic N) is 1. The number of aryl methyl sites for hydroxylation is 1. The second-order valence-corrected chi connectivity index (χ2v) is 6.25. The third-order valence-corrected chi connectivity index (χ3v) is 4.62. The molecule has 1 aliphatic rings. The van der Waals surface area contributed by atoms with E-state index < -0.39 is 11.8 Å². The molecule has 1 amide bonds. The van der Waals surface area contributed by atoms with Crippen LogP contribution in [-0.2, 0) is 11.8 Å². The minimum Gasteiger partial charge on any atom is -0.478 e. The van der Waals surface area contributed by atoms with Gasteiger partial charge in [-0.3, -0.25) is 4.79 Å². The molecule has 0 bridgehead atoms. The highest BCUT2D eigenvalue weighted by Crippen LogP contribution is 2.41. The normalized spacial score (nSPS) is 14.3. The van der Waals surface area contributed by atoms with Crippen LogP contribution in [0, 0.1) is 5.82 Å². The Morgan fingerprint density at radius 3 is 2.59 bits per heavy atom. The Morgan fingerprint density at radius 2 is 1.85 bits per heavy atom. The molecular weight excluding hydrogens is 347 g/mol. The number of anilines is 1. The molecule has 0 spiro atoms. The van der Waals surface area contributed by atoms with Crippen LogP contribution in [0.5, 0.6) is 0 Å². The second-order valence-electron chi connectivity index (χ2n) is 6.25. The summed E-state index contributed by atoms with van der Waals surface area (Å²) in [6.07, 6.45) is 3.15. The lowest BCUT2D eigenvalue weighted by Crippen LogP contribution is -2.05. The summed E-state index contributed by atoms with van der Waals surface area (Å²) < 4.78 is 16.0. The van der Waals surface area contributed by atoms with Gasteiger partial charge in [0.25, 0.3) is 5.91 Å². The summed E-state index contributed by atoms with van der Waals surface area (Å²) in [6, 6.07) is 13.0. The molecule has 0 atom stereocenters. The number of hydrogen-bond donors (Lipinski definition) is 2. The Morgan fingerprint density at radius 1 is 1.11 bits per heavy atom. The first-order chi connectivity index (χ1) is 13.0. The number of fused-ring (bicyclic) bond motifs is 1. The minimum atomic E-state index is -1.08. The van der Waals surface area contributed by atoms with Gasteiger partial charge in [-0.15, -0.1) is 0 Å². The van der Waals surface area contributed by atoms with Crippen molar-refractivity contribution in [1.82, 2.24) is 4.57 Å². The number of benzene rings is 2. The molecule has 3 aromatic rings. The number of carbonyl (C=O) groups excluding carboxylic acids is 1. The maximum absolute atomic E-state index is 14.4. The SMILES string of the molecule is Cn1ccc(C(=O)O)c1C=C1C(=O)Nc2cccc(-c3ccccc3F)c21. The number of halogens is 1. The van der Waals surface area contributed by atoms with Crippen molar-refractivity contribution in [2.75, 3.05) is 5.32 Å². The van der Waals surface area contributed by atoms with Crippen molar-refractivity contribution in [1.29, 1.82) is 0 Å². The van der Waals surface area contributed by atoms with E-state index in [1.54, 1.807) is 54.2 Å². The Balaban J connectivity index is 1.96. The topological polar surface area (TPSA) is 71.3 Å². The number of amides is 1. The largest absolute Gasteiger partial charge is 0.478 e. The van der Waals surface area contributed by atoms with Crippen LogP contribution in [0.25, 0.3) is 22.8 Å². The lowest BCUT2D eigenvalue weighted by Gasteiger charge is -2.10. The highest BCUT2D eigenvalue weighted by molar-refractivity contribution is 6.36. The van der Waals surface area contributed by atoms with Crippen molar-refractivity contribution in [3.63, 3.8) is 0 Å². The van der Waals surface area contributed by atoms with E-state index in [9.17, 15) is 19.1 Å². The molecule has 1 aromatic heterocycles. The fourth-order valence-corrected chi connectivity index (χ4v) is 3.33. The van der Waals surface area contributed by atoms with Gasteiger partial charge in [0, 0.05) is 30.1 Å². The molecule has 1 aliphatic heterocycles. The van der Waals surface area contributed by atoms with E-state index in [4.69, 9.17) is 0 Å². The van der Waals surface area contributed by atoms with E-state index >= 15 is 0 Å². The van der Waals surface area contributed by atoms with Gasteiger partial charge in [-0.2, -0.15) is 0 Å². The number of carboxylic acids is 1. The standard InChI is InChI=1S/C21H15FN2O3/c1-24-10-9-14(21(26)27)18(24)11-15-19-13(12-5-2-3-7-16(12)22)6-4-8-17(19)23-20(15)25/h2-11H,1H3,(H,23,25)(H,26,27). The van der Waals surface area contributed by atoms with E-state index in [2.05, 4.69) is 5.32 Å². The van der Waals surface area contributed by atoms with Crippen LogP contribution in [0.3, 0.4) is 0 Å². The highest BCUT2D eigenvalue weighted by Gasteiger charge is 2.29. The summed E-state index contributed by atoms with van der Waals surface area (Å²) >= 11 is 0. The summed E-state index contributed by atoms with van der Waals surface area (Å²) in [5.74, 6) is -1.83. The van der Waals surface area contributed by atoms with Crippen LogP contribution in [0.4, 0.5) is 10.1 Å². The van der Waals surface area contributed by atoms with Crippen LogP contribution in [-0.4, -0.2) is 21.6 Å². The van der Waals surface area contributed by atoms with Crippen LogP contribution in [0.15, 0.2) is 54.7 Å². The molecule has 2 aromatic carbocycles.